The molecule has 0 radical (unpaired) electrons. The van der Waals surface area contributed by atoms with E-state index in [4.69, 9.17) is 10.5 Å². The number of nitrogen functional groups attached to an aromatic ring is 1. The highest BCUT2D eigenvalue weighted by atomic mass is 19.4. The van der Waals surface area contributed by atoms with Gasteiger partial charge in [0.15, 0.2) is 11.6 Å². The number of rotatable bonds is 5. The Labute approximate surface area is 245 Å². The van der Waals surface area contributed by atoms with E-state index >= 15 is 13.2 Å². The summed E-state index contributed by atoms with van der Waals surface area (Å²) >= 11 is 0. The molecule has 3 atom stereocenters. The molecule has 3 aliphatic rings. The number of benzene rings is 2. The van der Waals surface area contributed by atoms with Crippen LogP contribution in [0, 0.1) is 29.8 Å². The number of alkyl halides is 3. The van der Waals surface area contributed by atoms with Gasteiger partial charge in [0.1, 0.15) is 17.2 Å². The van der Waals surface area contributed by atoms with Gasteiger partial charge < -0.3 is 25.6 Å². The smallest absolute Gasteiger partial charge is 0.417 e. The van der Waals surface area contributed by atoms with Gasteiger partial charge in [-0.3, -0.25) is 0 Å². The summed E-state index contributed by atoms with van der Waals surface area (Å²) in [5.74, 6) is -4.17. The molecule has 0 amide bonds. The van der Waals surface area contributed by atoms with Gasteiger partial charge in [-0.2, -0.15) is 23.1 Å². The van der Waals surface area contributed by atoms with Crippen molar-refractivity contribution in [1.82, 2.24) is 20.2 Å². The molecule has 1 aromatic heterocycles. The first-order chi connectivity index (χ1) is 20.2. The number of hydrogen-bond donors (Lipinski definition) is 2. The number of aromatic nitrogens is 2. The number of piperidine rings is 1. The van der Waals surface area contributed by atoms with Crippen LogP contribution in [0.1, 0.15) is 43.7 Å². The van der Waals surface area contributed by atoms with Gasteiger partial charge in [-0.1, -0.05) is 6.92 Å². The highest BCUT2D eigenvalue weighted by Gasteiger charge is 2.40. The fourth-order valence-corrected chi connectivity index (χ4v) is 7.03. The van der Waals surface area contributed by atoms with Crippen molar-refractivity contribution in [2.75, 3.05) is 50.5 Å². The molecular formula is C30H34F6N6O. The fourth-order valence-electron chi connectivity index (χ4n) is 7.03. The zero-order valence-electron chi connectivity index (χ0n) is 24.2. The Kier molecular flexibility index (Phi) is 7.39. The van der Waals surface area contributed by atoms with Gasteiger partial charge in [0.05, 0.1) is 23.4 Å². The molecule has 232 valence electrons. The second-order valence-corrected chi connectivity index (χ2v) is 12.6. The minimum absolute atomic E-state index is 0.0365. The summed E-state index contributed by atoms with van der Waals surface area (Å²) in [5, 5.41) is 3.45. The molecule has 3 saturated heterocycles. The van der Waals surface area contributed by atoms with Gasteiger partial charge in [-0.15, -0.1) is 0 Å². The maximum absolute atomic E-state index is 16.4. The quantitative estimate of drug-likeness (QED) is 0.285. The normalized spacial score (nSPS) is 24.6. The first-order valence-electron chi connectivity index (χ1n) is 14.4. The predicted molar refractivity (Wildman–Crippen MR) is 151 cm³/mol. The molecule has 2 aromatic carbocycles. The van der Waals surface area contributed by atoms with Crippen LogP contribution in [0.2, 0.25) is 0 Å². The van der Waals surface area contributed by atoms with E-state index in [2.05, 4.69) is 27.1 Å². The lowest BCUT2D eigenvalue weighted by molar-refractivity contribution is -0.137. The fraction of sp³-hybridized carbons (Fsp3) is 0.533. The van der Waals surface area contributed by atoms with Crippen molar-refractivity contribution in [3.63, 3.8) is 0 Å². The molecule has 3 N–H and O–H groups in total. The Balaban J connectivity index is 1.53. The molecule has 43 heavy (non-hydrogen) atoms. The topological polar surface area (TPSA) is 79.5 Å². The number of ether oxygens (including phenoxy) is 1. The summed E-state index contributed by atoms with van der Waals surface area (Å²) in [6.07, 6.45) is -1.40. The van der Waals surface area contributed by atoms with Gasteiger partial charge in [0.25, 0.3) is 0 Å². The highest BCUT2D eigenvalue weighted by molar-refractivity contribution is 5.94. The van der Waals surface area contributed by atoms with Crippen LogP contribution < -0.4 is 20.7 Å². The number of fused-ring (bicyclic) bond motifs is 3. The Bertz CT molecular complexity index is 1570. The number of hydrogen-bond acceptors (Lipinski definition) is 7. The van der Waals surface area contributed by atoms with E-state index < -0.39 is 57.1 Å². The third kappa shape index (κ3) is 5.45. The lowest BCUT2D eigenvalue weighted by atomic mass is 9.83. The van der Waals surface area contributed by atoms with Gasteiger partial charge in [-0.05, 0) is 63.9 Å². The van der Waals surface area contributed by atoms with Crippen molar-refractivity contribution in [3.05, 3.63) is 40.7 Å². The number of nitrogens with zero attached hydrogens (tertiary/aromatic N) is 4. The SMILES string of the molecule is Cc1cc(N)c(F)c(-c2c(F)cc3c(N4C[C@H]5CC[C@@H](C4)N5)nc(OC[C@]4(C)CCCN(C)C4)nc3c2F)c1C(F)(F)F. The zero-order chi connectivity index (χ0) is 30.8. The predicted octanol–water partition coefficient (Wildman–Crippen LogP) is 5.67. The standard InChI is InChI=1S/C30H34F6N6O/c1-15-9-20(37)24(32)22(23(15)30(34,35)36)21-19(31)10-18-26(25(21)33)39-28(43-14-29(2)7-4-8-41(3)13-29)40-27(18)42-11-16-5-6-17(12-42)38-16/h9-10,16-17,38H,4-8,11-14,37H2,1-3H3/t16-,17+,29-/m1/s1. The van der Waals surface area contributed by atoms with Gasteiger partial charge >= 0.3 is 12.2 Å². The molecular weight excluding hydrogens is 574 g/mol. The van der Waals surface area contributed by atoms with E-state index in [0.29, 0.717) is 13.1 Å². The zero-order valence-corrected chi connectivity index (χ0v) is 24.2. The summed E-state index contributed by atoms with van der Waals surface area (Å²) in [7, 11) is 2.01. The lowest BCUT2D eigenvalue weighted by Gasteiger charge is -2.38. The van der Waals surface area contributed by atoms with Crippen LogP contribution in [-0.4, -0.2) is 66.8 Å². The lowest BCUT2D eigenvalue weighted by Crippen LogP contribution is -2.51. The van der Waals surface area contributed by atoms with Gasteiger partial charge in [0, 0.05) is 48.1 Å². The maximum atomic E-state index is 16.4. The molecule has 0 spiro atoms. The summed E-state index contributed by atoms with van der Waals surface area (Å²) in [6.45, 7) is 6.08. The van der Waals surface area contributed by atoms with Crippen molar-refractivity contribution in [2.45, 2.75) is 57.8 Å². The molecule has 7 nitrogen and oxygen atoms in total. The molecule has 3 aliphatic heterocycles. The molecule has 2 bridgehead atoms. The number of nitrogens with two attached hydrogens (primary N) is 1. The molecule has 3 aromatic rings. The van der Waals surface area contributed by atoms with Gasteiger partial charge in [-0.25, -0.2) is 13.2 Å². The third-order valence-electron chi connectivity index (χ3n) is 8.90. The highest BCUT2D eigenvalue weighted by Crippen LogP contribution is 2.46. The van der Waals surface area contributed by atoms with E-state index in [9.17, 15) is 13.2 Å². The van der Waals surface area contributed by atoms with Crippen molar-refractivity contribution in [1.29, 1.82) is 0 Å². The van der Waals surface area contributed by atoms with Crippen molar-refractivity contribution in [2.24, 2.45) is 5.41 Å². The van der Waals surface area contributed by atoms with Crippen LogP contribution in [0.3, 0.4) is 0 Å². The van der Waals surface area contributed by atoms with E-state index in [-0.39, 0.29) is 41.3 Å². The molecule has 0 saturated carbocycles. The van der Waals surface area contributed by atoms with Crippen molar-refractivity contribution in [3.8, 4) is 17.1 Å². The average Bonchev–Trinajstić information content (AvgIpc) is 3.26. The Hall–Kier alpha value is -3.32. The molecule has 4 heterocycles. The van der Waals surface area contributed by atoms with E-state index in [1.807, 2.05) is 11.9 Å². The van der Waals surface area contributed by atoms with Crippen LogP contribution in [0.4, 0.5) is 37.8 Å². The minimum Gasteiger partial charge on any atom is -0.463 e. The largest absolute Gasteiger partial charge is 0.463 e. The van der Waals surface area contributed by atoms with Crippen molar-refractivity contribution < 1.29 is 31.1 Å². The Morgan fingerprint density at radius 1 is 1.07 bits per heavy atom. The summed E-state index contributed by atoms with van der Waals surface area (Å²) < 4.78 is 96.1. The summed E-state index contributed by atoms with van der Waals surface area (Å²) in [6, 6.07) is 1.80. The van der Waals surface area contributed by atoms with E-state index in [1.54, 1.807) is 0 Å². The van der Waals surface area contributed by atoms with Gasteiger partial charge in [0.2, 0.25) is 0 Å². The minimum atomic E-state index is -5.12. The molecule has 3 fully saturated rings. The van der Waals surface area contributed by atoms with Crippen LogP contribution >= 0.6 is 0 Å². The second kappa shape index (κ2) is 10.7. The van der Waals surface area contributed by atoms with E-state index in [1.165, 1.54) is 0 Å². The number of anilines is 2. The maximum Gasteiger partial charge on any atom is 0.417 e. The second-order valence-electron chi connectivity index (χ2n) is 12.6. The Morgan fingerprint density at radius 2 is 1.77 bits per heavy atom. The molecule has 0 aliphatic carbocycles. The molecule has 0 unspecified atom stereocenters. The van der Waals surface area contributed by atoms with Crippen molar-refractivity contribution >= 4 is 22.4 Å². The first kappa shape index (κ1) is 29.7. The summed E-state index contributed by atoms with van der Waals surface area (Å²) in [4.78, 5) is 12.9. The Morgan fingerprint density at radius 3 is 2.42 bits per heavy atom. The number of nitrogens with one attached hydrogen (secondary N) is 1. The summed E-state index contributed by atoms with van der Waals surface area (Å²) in [5.41, 5.74) is -0.158. The van der Waals surface area contributed by atoms with Crippen LogP contribution in [0.25, 0.3) is 22.0 Å². The molecule has 6 rings (SSSR count). The third-order valence-corrected chi connectivity index (χ3v) is 8.90. The monoisotopic (exact) mass is 608 g/mol. The first-order valence-corrected chi connectivity index (χ1v) is 14.4. The number of halogens is 6. The van der Waals surface area contributed by atoms with Crippen LogP contribution in [-0.2, 0) is 6.18 Å². The number of aryl methyl sites for hydroxylation is 1. The number of likely N-dealkylation sites (tertiary alicyclic amines) is 1. The van der Waals surface area contributed by atoms with Crippen LogP contribution in [0.5, 0.6) is 6.01 Å². The van der Waals surface area contributed by atoms with E-state index in [0.717, 1.165) is 57.8 Å². The average molecular weight is 609 g/mol. The number of piperazine rings is 1. The van der Waals surface area contributed by atoms with Crippen LogP contribution in [0.15, 0.2) is 12.1 Å². The molecule has 13 heteroatoms.